The third kappa shape index (κ3) is 3.42. The van der Waals surface area contributed by atoms with Crippen LogP contribution < -0.4 is 0 Å². The summed E-state index contributed by atoms with van der Waals surface area (Å²) in [6.45, 7) is 3.21. The Labute approximate surface area is 89.7 Å². The zero-order valence-corrected chi connectivity index (χ0v) is 9.98. The van der Waals surface area contributed by atoms with Crippen LogP contribution in [0.1, 0.15) is 13.3 Å². The topological polar surface area (TPSA) is 57.6 Å². The zero-order valence-electron chi connectivity index (χ0n) is 8.35. The van der Waals surface area contributed by atoms with Gasteiger partial charge in [-0.2, -0.15) is 11.8 Å². The molecule has 1 aliphatic rings. The van der Waals surface area contributed by atoms with Crippen molar-refractivity contribution in [3.05, 3.63) is 0 Å². The largest absolute Gasteiger partial charge is 0.396 e. The Morgan fingerprint density at radius 3 is 2.86 bits per heavy atom. The summed E-state index contributed by atoms with van der Waals surface area (Å²) in [5.74, 6) is 0.945. The van der Waals surface area contributed by atoms with Crippen molar-refractivity contribution in [3.63, 3.8) is 0 Å². The maximum absolute atomic E-state index is 11.7. The zero-order chi connectivity index (χ0) is 10.6. The van der Waals surface area contributed by atoms with Gasteiger partial charge in [-0.05, 0) is 6.42 Å². The van der Waals surface area contributed by atoms with Crippen LogP contribution in [0, 0.1) is 0 Å². The average molecular weight is 239 g/mol. The van der Waals surface area contributed by atoms with E-state index in [1.807, 2.05) is 6.92 Å². The van der Waals surface area contributed by atoms with Crippen molar-refractivity contribution in [3.8, 4) is 0 Å². The minimum Gasteiger partial charge on any atom is -0.396 e. The quantitative estimate of drug-likeness (QED) is 0.758. The molecule has 0 amide bonds. The van der Waals surface area contributed by atoms with E-state index < -0.39 is 10.0 Å². The van der Waals surface area contributed by atoms with E-state index >= 15 is 0 Å². The van der Waals surface area contributed by atoms with E-state index in [1.54, 1.807) is 16.1 Å². The van der Waals surface area contributed by atoms with Crippen LogP contribution in [0.25, 0.3) is 0 Å². The van der Waals surface area contributed by atoms with Crippen LogP contribution in [-0.2, 0) is 10.0 Å². The van der Waals surface area contributed by atoms with Crippen molar-refractivity contribution in [2.75, 3.05) is 31.2 Å². The number of rotatable bonds is 4. The van der Waals surface area contributed by atoms with E-state index in [2.05, 4.69) is 0 Å². The van der Waals surface area contributed by atoms with Gasteiger partial charge in [-0.1, -0.05) is 6.92 Å². The lowest BCUT2D eigenvalue weighted by molar-refractivity contribution is 0.294. The number of hydrogen-bond acceptors (Lipinski definition) is 4. The van der Waals surface area contributed by atoms with Gasteiger partial charge in [-0.25, -0.2) is 12.7 Å². The predicted octanol–water partition coefficient (Wildman–Crippen LogP) is 0.136. The number of sulfonamides is 1. The Morgan fingerprint density at radius 1 is 1.57 bits per heavy atom. The van der Waals surface area contributed by atoms with Gasteiger partial charge in [0, 0.05) is 30.7 Å². The highest BCUT2D eigenvalue weighted by atomic mass is 32.2. The maximum Gasteiger partial charge on any atom is 0.214 e. The molecule has 0 spiro atoms. The standard InChI is InChI=1S/C8H17NO3S2/c1-8-7-9(3-5-13-8)14(11,12)6-2-4-10/h8,10H,2-7H2,1H3. The monoisotopic (exact) mass is 239 g/mol. The summed E-state index contributed by atoms with van der Waals surface area (Å²) in [5, 5.41) is 8.97. The lowest BCUT2D eigenvalue weighted by Gasteiger charge is -2.29. The highest BCUT2D eigenvalue weighted by molar-refractivity contribution is 8.00. The number of nitrogens with zero attached hydrogens (tertiary/aromatic N) is 1. The second-order valence-corrected chi connectivity index (χ2v) is 7.07. The first-order valence-electron chi connectivity index (χ1n) is 4.76. The summed E-state index contributed by atoms with van der Waals surface area (Å²) < 4.78 is 24.9. The van der Waals surface area contributed by atoms with Gasteiger partial charge in [-0.3, -0.25) is 0 Å². The number of hydrogen-bond donors (Lipinski definition) is 1. The Morgan fingerprint density at radius 2 is 2.29 bits per heavy atom. The first kappa shape index (κ1) is 12.3. The van der Waals surface area contributed by atoms with E-state index in [1.165, 1.54) is 0 Å². The summed E-state index contributed by atoms with van der Waals surface area (Å²) in [4.78, 5) is 0. The van der Waals surface area contributed by atoms with Crippen LogP contribution in [-0.4, -0.2) is 54.3 Å². The SMILES string of the molecule is CC1CN(S(=O)(=O)CCCO)CCS1. The van der Waals surface area contributed by atoms with Crippen molar-refractivity contribution in [1.29, 1.82) is 0 Å². The van der Waals surface area contributed by atoms with Crippen LogP contribution >= 0.6 is 11.8 Å². The van der Waals surface area contributed by atoms with Gasteiger partial charge >= 0.3 is 0 Å². The summed E-state index contributed by atoms with van der Waals surface area (Å²) in [6.07, 6.45) is 0.334. The van der Waals surface area contributed by atoms with Gasteiger partial charge in [0.05, 0.1) is 5.75 Å². The fourth-order valence-corrected chi connectivity index (χ4v) is 4.21. The molecule has 1 saturated heterocycles. The van der Waals surface area contributed by atoms with E-state index in [0.29, 0.717) is 24.8 Å². The van der Waals surface area contributed by atoms with E-state index in [-0.39, 0.29) is 12.4 Å². The smallest absolute Gasteiger partial charge is 0.214 e. The summed E-state index contributed by atoms with van der Waals surface area (Å²) in [6, 6.07) is 0. The first-order valence-corrected chi connectivity index (χ1v) is 7.42. The molecule has 1 N–H and O–H groups in total. The molecule has 0 aromatic rings. The molecule has 1 rings (SSSR count). The Bertz CT molecular complexity index is 266. The molecule has 4 nitrogen and oxygen atoms in total. The summed E-state index contributed by atoms with van der Waals surface area (Å²) >= 11 is 1.81. The molecule has 0 aliphatic carbocycles. The lowest BCUT2D eigenvalue weighted by atomic mass is 10.4. The van der Waals surface area contributed by atoms with Crippen molar-refractivity contribution in [2.24, 2.45) is 0 Å². The number of thioether (sulfide) groups is 1. The predicted molar refractivity (Wildman–Crippen MR) is 59.0 cm³/mol. The Hall–Kier alpha value is 0.220. The minimum atomic E-state index is -3.12. The molecule has 1 atom stereocenters. The van der Waals surface area contributed by atoms with Gasteiger partial charge in [0.2, 0.25) is 10.0 Å². The maximum atomic E-state index is 11.7. The third-order valence-electron chi connectivity index (χ3n) is 2.16. The fourth-order valence-electron chi connectivity index (χ4n) is 1.42. The fraction of sp³-hybridized carbons (Fsp3) is 1.00. The number of aliphatic hydroxyl groups is 1. The van der Waals surface area contributed by atoms with Crippen molar-refractivity contribution in [2.45, 2.75) is 18.6 Å². The van der Waals surface area contributed by atoms with Crippen LogP contribution in [0.2, 0.25) is 0 Å². The molecule has 84 valence electrons. The normalized spacial score (nSPS) is 25.1. The van der Waals surface area contributed by atoms with Crippen molar-refractivity contribution >= 4 is 21.8 Å². The highest BCUT2D eigenvalue weighted by Gasteiger charge is 2.26. The van der Waals surface area contributed by atoms with Gasteiger partial charge in [-0.15, -0.1) is 0 Å². The summed E-state index contributed by atoms with van der Waals surface area (Å²) in [7, 11) is -3.12. The first-order chi connectivity index (χ1) is 6.56. The van der Waals surface area contributed by atoms with Crippen LogP contribution in [0.5, 0.6) is 0 Å². The molecule has 14 heavy (non-hydrogen) atoms. The van der Waals surface area contributed by atoms with Gasteiger partial charge in [0.25, 0.3) is 0 Å². The Kier molecular flexibility index (Phi) is 4.69. The van der Waals surface area contributed by atoms with Crippen LogP contribution in [0.4, 0.5) is 0 Å². The van der Waals surface area contributed by atoms with Gasteiger partial charge in [0.15, 0.2) is 0 Å². The van der Waals surface area contributed by atoms with E-state index in [4.69, 9.17) is 5.11 Å². The lowest BCUT2D eigenvalue weighted by Crippen LogP contribution is -2.42. The number of aliphatic hydroxyl groups excluding tert-OH is 1. The second-order valence-electron chi connectivity index (χ2n) is 3.43. The van der Waals surface area contributed by atoms with Gasteiger partial charge in [0.1, 0.15) is 0 Å². The van der Waals surface area contributed by atoms with Crippen molar-refractivity contribution in [1.82, 2.24) is 4.31 Å². The third-order valence-corrected chi connectivity index (χ3v) is 5.22. The molecular formula is C8H17NO3S2. The molecule has 1 unspecified atom stereocenters. The Balaban J connectivity index is 2.53. The molecule has 0 saturated carbocycles. The minimum absolute atomic E-state index is 0.0582. The molecular weight excluding hydrogens is 222 g/mol. The molecule has 1 heterocycles. The van der Waals surface area contributed by atoms with Crippen molar-refractivity contribution < 1.29 is 13.5 Å². The molecule has 6 heteroatoms. The molecule has 1 fully saturated rings. The van der Waals surface area contributed by atoms with Crippen LogP contribution in [0.15, 0.2) is 0 Å². The van der Waals surface area contributed by atoms with E-state index in [9.17, 15) is 8.42 Å². The molecule has 0 aromatic heterocycles. The second kappa shape index (κ2) is 5.34. The molecule has 1 aliphatic heterocycles. The van der Waals surface area contributed by atoms with Gasteiger partial charge < -0.3 is 5.11 Å². The average Bonchev–Trinajstić information content (AvgIpc) is 2.15. The van der Waals surface area contributed by atoms with E-state index in [0.717, 1.165) is 5.75 Å². The van der Waals surface area contributed by atoms with Crippen LogP contribution in [0.3, 0.4) is 0 Å². The molecule has 0 bridgehead atoms. The molecule has 0 aromatic carbocycles. The summed E-state index contributed by atoms with van der Waals surface area (Å²) in [5.41, 5.74) is 0. The highest BCUT2D eigenvalue weighted by Crippen LogP contribution is 2.20. The molecule has 0 radical (unpaired) electrons.